The van der Waals surface area contributed by atoms with Gasteiger partial charge in [0.15, 0.2) is 0 Å². The molecule has 1 amide bonds. The molecule has 0 bridgehead atoms. The van der Waals surface area contributed by atoms with E-state index in [4.69, 9.17) is 10.8 Å². The number of carbonyl (C=O) groups is 2. The molecule has 0 aliphatic heterocycles. The predicted octanol–water partition coefficient (Wildman–Crippen LogP) is 0.979. The van der Waals surface area contributed by atoms with Crippen LogP contribution in [-0.2, 0) is 9.59 Å². The maximum absolute atomic E-state index is 11.5. The topological polar surface area (TPSA) is 92.4 Å². The Labute approximate surface area is 103 Å². The SMILES string of the molecule is CCC(CNC(=O)CCC(C)CCN)C(=O)O. The largest absolute Gasteiger partial charge is 0.481 e. The first-order valence-electron chi connectivity index (χ1n) is 6.20. The van der Waals surface area contributed by atoms with E-state index >= 15 is 0 Å². The lowest BCUT2D eigenvalue weighted by Gasteiger charge is -2.12. The van der Waals surface area contributed by atoms with Crippen molar-refractivity contribution in [2.45, 2.75) is 39.5 Å². The molecule has 0 aliphatic rings. The van der Waals surface area contributed by atoms with Crippen LogP contribution >= 0.6 is 0 Å². The third-order valence-corrected chi connectivity index (χ3v) is 2.91. The van der Waals surface area contributed by atoms with E-state index in [-0.39, 0.29) is 12.5 Å². The lowest BCUT2D eigenvalue weighted by atomic mass is 10.0. The minimum atomic E-state index is -0.857. The zero-order valence-electron chi connectivity index (χ0n) is 10.7. The zero-order chi connectivity index (χ0) is 13.3. The van der Waals surface area contributed by atoms with E-state index in [1.807, 2.05) is 0 Å². The maximum Gasteiger partial charge on any atom is 0.308 e. The van der Waals surface area contributed by atoms with E-state index in [2.05, 4.69) is 12.2 Å². The molecule has 0 saturated carbocycles. The highest BCUT2D eigenvalue weighted by atomic mass is 16.4. The second kappa shape index (κ2) is 8.98. The standard InChI is InChI=1S/C12H24N2O3/c1-3-10(12(16)17)8-14-11(15)5-4-9(2)6-7-13/h9-10H,3-8,13H2,1-2H3,(H,14,15)(H,16,17). The van der Waals surface area contributed by atoms with Gasteiger partial charge in [-0.05, 0) is 31.7 Å². The van der Waals surface area contributed by atoms with Crippen molar-refractivity contribution in [3.05, 3.63) is 0 Å². The predicted molar refractivity (Wildman–Crippen MR) is 66.5 cm³/mol. The van der Waals surface area contributed by atoms with Crippen molar-refractivity contribution in [1.29, 1.82) is 0 Å². The molecule has 0 fully saturated rings. The molecule has 0 saturated heterocycles. The van der Waals surface area contributed by atoms with Crippen molar-refractivity contribution in [2.24, 2.45) is 17.6 Å². The Morgan fingerprint density at radius 2 is 2.00 bits per heavy atom. The summed E-state index contributed by atoms with van der Waals surface area (Å²) in [6.45, 7) is 4.72. The van der Waals surface area contributed by atoms with E-state index in [1.165, 1.54) is 0 Å². The Morgan fingerprint density at radius 3 is 2.47 bits per heavy atom. The summed E-state index contributed by atoms with van der Waals surface area (Å²) in [5.74, 6) is -0.981. The van der Waals surface area contributed by atoms with Crippen LogP contribution < -0.4 is 11.1 Å². The molecule has 0 spiro atoms. The maximum atomic E-state index is 11.5. The van der Waals surface area contributed by atoms with Gasteiger partial charge < -0.3 is 16.2 Å². The Bertz CT molecular complexity index is 244. The van der Waals surface area contributed by atoms with Gasteiger partial charge in [-0.1, -0.05) is 13.8 Å². The Kier molecular flexibility index (Phi) is 8.40. The molecule has 0 heterocycles. The summed E-state index contributed by atoms with van der Waals surface area (Å²) < 4.78 is 0. The summed E-state index contributed by atoms with van der Waals surface area (Å²) in [6, 6.07) is 0. The molecule has 17 heavy (non-hydrogen) atoms. The van der Waals surface area contributed by atoms with Crippen molar-refractivity contribution in [3.63, 3.8) is 0 Å². The van der Waals surface area contributed by atoms with Crippen LogP contribution in [0.5, 0.6) is 0 Å². The number of amides is 1. The monoisotopic (exact) mass is 244 g/mol. The van der Waals surface area contributed by atoms with E-state index in [0.29, 0.717) is 25.3 Å². The number of hydrogen-bond acceptors (Lipinski definition) is 3. The van der Waals surface area contributed by atoms with Gasteiger partial charge in [0.05, 0.1) is 5.92 Å². The fourth-order valence-corrected chi connectivity index (χ4v) is 1.54. The molecular formula is C12H24N2O3. The number of nitrogens with two attached hydrogens (primary N) is 1. The molecule has 100 valence electrons. The quantitative estimate of drug-likeness (QED) is 0.563. The van der Waals surface area contributed by atoms with Crippen molar-refractivity contribution in [3.8, 4) is 0 Å². The van der Waals surface area contributed by atoms with Crippen LogP contribution in [0.25, 0.3) is 0 Å². The van der Waals surface area contributed by atoms with Gasteiger partial charge in [0.25, 0.3) is 0 Å². The Balaban J connectivity index is 3.75. The van der Waals surface area contributed by atoms with Crippen molar-refractivity contribution < 1.29 is 14.7 Å². The molecule has 5 heteroatoms. The van der Waals surface area contributed by atoms with Crippen LogP contribution in [0.3, 0.4) is 0 Å². The van der Waals surface area contributed by atoms with E-state index in [9.17, 15) is 9.59 Å². The summed E-state index contributed by atoms with van der Waals surface area (Å²) in [5, 5.41) is 11.5. The van der Waals surface area contributed by atoms with Gasteiger partial charge in [-0.3, -0.25) is 9.59 Å². The number of aliphatic carboxylic acids is 1. The molecule has 0 aliphatic carbocycles. The minimum Gasteiger partial charge on any atom is -0.481 e. The van der Waals surface area contributed by atoms with Gasteiger partial charge >= 0.3 is 5.97 Å². The first-order chi connectivity index (χ1) is 8.01. The van der Waals surface area contributed by atoms with Crippen molar-refractivity contribution in [2.75, 3.05) is 13.1 Å². The third-order valence-electron chi connectivity index (χ3n) is 2.91. The fraction of sp³-hybridized carbons (Fsp3) is 0.833. The van der Waals surface area contributed by atoms with Gasteiger partial charge in [-0.25, -0.2) is 0 Å². The van der Waals surface area contributed by atoms with Crippen LogP contribution in [0.2, 0.25) is 0 Å². The number of carbonyl (C=O) groups excluding carboxylic acids is 1. The van der Waals surface area contributed by atoms with Crippen LogP contribution in [0.1, 0.15) is 39.5 Å². The number of carboxylic acids is 1. The normalized spacial score (nSPS) is 14.1. The van der Waals surface area contributed by atoms with Gasteiger partial charge in [-0.2, -0.15) is 0 Å². The van der Waals surface area contributed by atoms with Gasteiger partial charge in [-0.15, -0.1) is 0 Å². The smallest absolute Gasteiger partial charge is 0.308 e. The molecule has 2 atom stereocenters. The highest BCUT2D eigenvalue weighted by Crippen LogP contribution is 2.09. The minimum absolute atomic E-state index is 0.0754. The second-order valence-electron chi connectivity index (χ2n) is 4.47. The lowest BCUT2D eigenvalue weighted by Crippen LogP contribution is -2.32. The molecule has 0 aromatic carbocycles. The summed E-state index contributed by atoms with van der Waals surface area (Å²) in [6.07, 6.45) is 2.68. The number of nitrogens with one attached hydrogen (secondary N) is 1. The van der Waals surface area contributed by atoms with E-state index in [1.54, 1.807) is 6.92 Å². The molecule has 0 rings (SSSR count). The van der Waals surface area contributed by atoms with Crippen LogP contribution in [0, 0.1) is 11.8 Å². The van der Waals surface area contributed by atoms with Crippen molar-refractivity contribution in [1.82, 2.24) is 5.32 Å². The lowest BCUT2D eigenvalue weighted by molar-refractivity contribution is -0.141. The summed E-state index contributed by atoms with van der Waals surface area (Å²) in [4.78, 5) is 22.2. The van der Waals surface area contributed by atoms with Gasteiger partial charge in [0.1, 0.15) is 0 Å². The van der Waals surface area contributed by atoms with Crippen LogP contribution in [-0.4, -0.2) is 30.1 Å². The first-order valence-corrected chi connectivity index (χ1v) is 6.20. The Morgan fingerprint density at radius 1 is 1.35 bits per heavy atom. The summed E-state index contributed by atoms with van der Waals surface area (Å²) in [7, 11) is 0. The highest BCUT2D eigenvalue weighted by Gasteiger charge is 2.15. The van der Waals surface area contributed by atoms with Gasteiger partial charge in [0, 0.05) is 13.0 Å². The van der Waals surface area contributed by atoms with Gasteiger partial charge in [0.2, 0.25) is 5.91 Å². The number of carboxylic acid groups (broad SMARTS) is 1. The molecule has 0 radical (unpaired) electrons. The first kappa shape index (κ1) is 15.9. The summed E-state index contributed by atoms with van der Waals surface area (Å²) >= 11 is 0. The van der Waals surface area contributed by atoms with E-state index < -0.39 is 11.9 Å². The zero-order valence-corrected chi connectivity index (χ0v) is 10.7. The van der Waals surface area contributed by atoms with Crippen molar-refractivity contribution >= 4 is 11.9 Å². The molecule has 2 unspecified atom stereocenters. The molecular weight excluding hydrogens is 220 g/mol. The average molecular weight is 244 g/mol. The highest BCUT2D eigenvalue weighted by molar-refractivity contribution is 5.77. The van der Waals surface area contributed by atoms with Crippen LogP contribution in [0.15, 0.2) is 0 Å². The molecule has 0 aromatic heterocycles. The fourth-order valence-electron chi connectivity index (χ4n) is 1.54. The van der Waals surface area contributed by atoms with Crippen LogP contribution in [0.4, 0.5) is 0 Å². The third kappa shape index (κ3) is 7.74. The van der Waals surface area contributed by atoms with E-state index in [0.717, 1.165) is 12.8 Å². The number of rotatable bonds is 9. The second-order valence-corrected chi connectivity index (χ2v) is 4.47. The molecule has 4 N–H and O–H groups in total. The number of hydrogen-bond donors (Lipinski definition) is 3. The average Bonchev–Trinajstić information content (AvgIpc) is 2.27. The molecule has 5 nitrogen and oxygen atoms in total. The Hall–Kier alpha value is -1.10. The summed E-state index contributed by atoms with van der Waals surface area (Å²) in [5.41, 5.74) is 5.42. The molecule has 0 aromatic rings.